The van der Waals surface area contributed by atoms with E-state index in [4.69, 9.17) is 8.85 Å². The summed E-state index contributed by atoms with van der Waals surface area (Å²) in [7, 11) is -2.14. The maximum atomic E-state index is 7.16. The average molecular weight is 345 g/mol. The van der Waals surface area contributed by atoms with Crippen LogP contribution in [0.15, 0.2) is 30.3 Å². The van der Waals surface area contributed by atoms with E-state index in [0.717, 1.165) is 6.61 Å². The summed E-state index contributed by atoms with van der Waals surface area (Å²) in [5.41, 5.74) is 2.66. The summed E-state index contributed by atoms with van der Waals surface area (Å²) in [6, 6.07) is 11.1. The molecule has 0 N–H and O–H groups in total. The predicted molar refractivity (Wildman–Crippen MR) is 100 cm³/mol. The van der Waals surface area contributed by atoms with Crippen molar-refractivity contribution in [2.45, 2.75) is 76.0 Å². The van der Waals surface area contributed by atoms with Crippen LogP contribution in [0.2, 0.25) is 11.1 Å². The molecule has 3 fully saturated rings. The molecule has 0 radical (unpaired) electrons. The first-order valence-corrected chi connectivity index (χ1v) is 11.9. The molecule has 0 unspecified atom stereocenters. The zero-order chi connectivity index (χ0) is 16.9. The van der Waals surface area contributed by atoms with Crippen molar-refractivity contribution < 1.29 is 8.85 Å². The highest BCUT2D eigenvalue weighted by Gasteiger charge is 2.69. The van der Waals surface area contributed by atoms with Crippen LogP contribution in [0.5, 0.6) is 0 Å². The highest BCUT2D eigenvalue weighted by atomic mass is 28.4. The van der Waals surface area contributed by atoms with Crippen LogP contribution in [0.3, 0.4) is 0 Å². The second-order valence-corrected chi connectivity index (χ2v) is 13.0. The molecule has 1 saturated heterocycles. The zero-order valence-electron chi connectivity index (χ0n) is 15.6. The molecule has 1 aliphatic heterocycles. The van der Waals surface area contributed by atoms with Gasteiger partial charge in [-0.1, -0.05) is 70.9 Å². The first-order valence-electron chi connectivity index (χ1n) is 9.90. The Kier molecular flexibility index (Phi) is 4.17. The van der Waals surface area contributed by atoms with E-state index in [0.29, 0.717) is 28.8 Å². The summed E-state index contributed by atoms with van der Waals surface area (Å²) >= 11 is 0. The van der Waals surface area contributed by atoms with Crippen molar-refractivity contribution in [1.29, 1.82) is 0 Å². The monoisotopic (exact) mass is 344 g/mol. The zero-order valence-corrected chi connectivity index (χ0v) is 16.6. The molecule has 0 aromatic heterocycles. The van der Waals surface area contributed by atoms with Crippen molar-refractivity contribution in [2.75, 3.05) is 6.61 Å². The fraction of sp³-hybridized carbons (Fsp3) is 0.714. The topological polar surface area (TPSA) is 18.5 Å². The van der Waals surface area contributed by atoms with E-state index >= 15 is 0 Å². The minimum Gasteiger partial charge on any atom is -0.393 e. The van der Waals surface area contributed by atoms with E-state index in [2.05, 4.69) is 58.0 Å². The molecule has 4 rings (SSSR count). The van der Waals surface area contributed by atoms with Crippen LogP contribution in [0.25, 0.3) is 0 Å². The van der Waals surface area contributed by atoms with E-state index in [-0.39, 0.29) is 5.60 Å². The van der Waals surface area contributed by atoms with Gasteiger partial charge in [-0.05, 0) is 41.3 Å². The van der Waals surface area contributed by atoms with Crippen molar-refractivity contribution >= 4 is 8.56 Å². The van der Waals surface area contributed by atoms with Crippen LogP contribution in [-0.2, 0) is 8.85 Å². The molecular formula is C21H32O2Si. The molecule has 4 atom stereocenters. The van der Waals surface area contributed by atoms with Crippen molar-refractivity contribution in [1.82, 2.24) is 0 Å². The molecule has 2 nitrogen and oxygen atoms in total. The van der Waals surface area contributed by atoms with Gasteiger partial charge in [-0.3, -0.25) is 0 Å². The smallest absolute Gasteiger partial charge is 0.343 e. The van der Waals surface area contributed by atoms with E-state index in [9.17, 15) is 0 Å². The average Bonchev–Trinajstić information content (AvgIpc) is 2.55. The van der Waals surface area contributed by atoms with Crippen LogP contribution >= 0.6 is 0 Å². The lowest BCUT2D eigenvalue weighted by atomic mass is 9.47. The largest absolute Gasteiger partial charge is 0.393 e. The van der Waals surface area contributed by atoms with E-state index < -0.39 is 8.56 Å². The lowest BCUT2D eigenvalue weighted by Gasteiger charge is -2.69. The maximum Gasteiger partial charge on any atom is 0.343 e. The summed E-state index contributed by atoms with van der Waals surface area (Å²) in [5, 5.41) is 0. The van der Waals surface area contributed by atoms with Gasteiger partial charge in [0.2, 0.25) is 0 Å². The van der Waals surface area contributed by atoms with E-state index in [1.807, 2.05) is 0 Å². The van der Waals surface area contributed by atoms with Crippen molar-refractivity contribution in [2.24, 2.45) is 11.8 Å². The van der Waals surface area contributed by atoms with Crippen LogP contribution in [0.1, 0.15) is 64.9 Å². The fourth-order valence-electron chi connectivity index (χ4n) is 5.97. The van der Waals surface area contributed by atoms with Crippen LogP contribution in [0, 0.1) is 11.8 Å². The third-order valence-corrected chi connectivity index (χ3v) is 11.6. The Hall–Kier alpha value is -0.643. The highest BCUT2D eigenvalue weighted by molar-refractivity contribution is 6.70. The number of hydrogen-bond donors (Lipinski definition) is 0. The quantitative estimate of drug-likeness (QED) is 0.661. The SMILES string of the molecule is CC(C)[Si]1(C(C)C)OC[C@H]2[C@H](c3ccccc3)[C@H]3CCCC[C@]32O1. The van der Waals surface area contributed by atoms with Crippen LogP contribution in [-0.4, -0.2) is 20.8 Å². The van der Waals surface area contributed by atoms with Crippen LogP contribution < -0.4 is 0 Å². The van der Waals surface area contributed by atoms with Gasteiger partial charge in [0.15, 0.2) is 0 Å². The predicted octanol–water partition coefficient (Wildman–Crippen LogP) is 5.64. The number of hydrogen-bond acceptors (Lipinski definition) is 2. The van der Waals surface area contributed by atoms with Gasteiger partial charge in [0.05, 0.1) is 5.60 Å². The fourth-order valence-corrected chi connectivity index (χ4v) is 9.94. The van der Waals surface area contributed by atoms with Gasteiger partial charge in [0.25, 0.3) is 0 Å². The molecule has 2 aliphatic carbocycles. The minimum absolute atomic E-state index is 0.123. The van der Waals surface area contributed by atoms with Crippen molar-refractivity contribution in [3.63, 3.8) is 0 Å². The second kappa shape index (κ2) is 5.96. The Bertz CT molecular complexity index is 569. The van der Waals surface area contributed by atoms with Crippen molar-refractivity contribution in [3.8, 4) is 0 Å². The van der Waals surface area contributed by atoms with Gasteiger partial charge in [-0.15, -0.1) is 0 Å². The molecule has 2 saturated carbocycles. The normalized spacial score (nSPS) is 37.7. The lowest BCUT2D eigenvalue weighted by Crippen LogP contribution is -2.74. The molecule has 0 bridgehead atoms. The molecule has 0 amide bonds. The molecule has 132 valence electrons. The van der Waals surface area contributed by atoms with Gasteiger partial charge < -0.3 is 8.85 Å². The summed E-state index contributed by atoms with van der Waals surface area (Å²) in [6.45, 7) is 10.2. The van der Waals surface area contributed by atoms with Gasteiger partial charge in [-0.2, -0.15) is 0 Å². The summed E-state index contributed by atoms with van der Waals surface area (Å²) in [4.78, 5) is 0. The molecule has 1 heterocycles. The molecule has 24 heavy (non-hydrogen) atoms. The first-order chi connectivity index (χ1) is 11.5. The molecule has 1 aromatic carbocycles. The standard InChI is InChI=1S/C21H32O2Si/c1-15(2)24(16(3)4)22-14-19-20(17-10-6-5-7-11-17)18-12-8-9-13-21(18,19)23-24/h5-7,10-11,15-16,18-20H,8-9,12-14H2,1-4H3/t18-,19+,20-,21+/m1/s1. The van der Waals surface area contributed by atoms with Gasteiger partial charge in [0, 0.05) is 12.5 Å². The van der Waals surface area contributed by atoms with E-state index in [1.165, 1.54) is 31.2 Å². The summed E-state index contributed by atoms with van der Waals surface area (Å²) in [6.07, 6.45) is 5.28. The van der Waals surface area contributed by atoms with Crippen LogP contribution in [0.4, 0.5) is 0 Å². The Morgan fingerprint density at radius 1 is 1.00 bits per heavy atom. The summed E-state index contributed by atoms with van der Waals surface area (Å²) in [5.74, 6) is 1.90. The lowest BCUT2D eigenvalue weighted by molar-refractivity contribution is -0.226. The second-order valence-electron chi connectivity index (χ2n) is 8.79. The molecule has 1 aromatic rings. The molecule has 1 spiro atoms. The Labute approximate surface area is 148 Å². The Morgan fingerprint density at radius 2 is 1.71 bits per heavy atom. The third-order valence-electron chi connectivity index (χ3n) is 7.09. The highest BCUT2D eigenvalue weighted by Crippen LogP contribution is 2.66. The number of benzene rings is 1. The molecular weight excluding hydrogens is 312 g/mol. The third kappa shape index (κ3) is 2.20. The Balaban J connectivity index is 1.69. The molecule has 3 aliphatic rings. The van der Waals surface area contributed by atoms with Gasteiger partial charge in [0.1, 0.15) is 0 Å². The number of rotatable bonds is 3. The maximum absolute atomic E-state index is 7.16. The van der Waals surface area contributed by atoms with Gasteiger partial charge >= 0.3 is 8.56 Å². The minimum atomic E-state index is -2.14. The summed E-state index contributed by atoms with van der Waals surface area (Å²) < 4.78 is 13.8. The van der Waals surface area contributed by atoms with E-state index in [1.54, 1.807) is 0 Å². The molecule has 3 heteroatoms. The van der Waals surface area contributed by atoms with Gasteiger partial charge in [-0.25, -0.2) is 0 Å². The Morgan fingerprint density at radius 3 is 2.38 bits per heavy atom. The van der Waals surface area contributed by atoms with Crippen molar-refractivity contribution in [3.05, 3.63) is 35.9 Å². The first kappa shape index (κ1) is 16.8.